The summed E-state index contributed by atoms with van der Waals surface area (Å²) in [6, 6.07) is 10.1. The lowest BCUT2D eigenvalue weighted by Crippen LogP contribution is -2.60. The number of phenolic OH excluding ortho intramolecular Hbond substituents is 1. The molecule has 1 saturated carbocycles. The quantitative estimate of drug-likeness (QED) is 0.325. The van der Waals surface area contributed by atoms with Crippen molar-refractivity contribution in [1.82, 2.24) is 9.80 Å². The molecule has 9 nitrogen and oxygen atoms in total. The maximum absolute atomic E-state index is 13.7. The van der Waals surface area contributed by atoms with Gasteiger partial charge in [-0.15, -0.1) is 23.2 Å². The highest BCUT2D eigenvalue weighted by Gasteiger charge is 2.76. The van der Waals surface area contributed by atoms with Gasteiger partial charge < -0.3 is 9.84 Å². The number of methoxy groups -OCH3 is 1. The topological polar surface area (TPSA) is 121 Å². The summed E-state index contributed by atoms with van der Waals surface area (Å²) < 4.78 is 4.67. The summed E-state index contributed by atoms with van der Waals surface area (Å²) in [7, 11) is 2.39. The number of imide groups is 4. The summed E-state index contributed by atoms with van der Waals surface area (Å²) in [6.07, 6.45) is 0.648. The maximum Gasteiger partial charge on any atom is 0.423 e. The molecule has 6 unspecified atom stereocenters. The molecule has 6 rings (SSSR count). The van der Waals surface area contributed by atoms with E-state index < -0.39 is 63.1 Å². The van der Waals surface area contributed by atoms with Crippen molar-refractivity contribution in [2.24, 2.45) is 17.8 Å². The standard InChI is InChI=1S/C27H22Cl2N2O7/c1-30-23(35)26(28)11-17-15(7-8-16-19(17)22(34)31(21(16)33)25(37)38-2)20(27(26,29)24(30)36)14-9-10-18(32)13-6-4-3-5-12(13)14/h3-7,9-10,16-17,19-20,32H,8,11H2,1-2H3. The molecule has 0 bridgehead atoms. The first-order chi connectivity index (χ1) is 18.0. The third kappa shape index (κ3) is 2.81. The molecule has 2 aromatic carbocycles. The number of nitrogens with zero attached hydrogens (tertiary/aromatic N) is 2. The van der Waals surface area contributed by atoms with Crippen LogP contribution >= 0.6 is 23.2 Å². The predicted molar refractivity (Wildman–Crippen MR) is 135 cm³/mol. The van der Waals surface area contributed by atoms with Gasteiger partial charge >= 0.3 is 6.09 Å². The van der Waals surface area contributed by atoms with Gasteiger partial charge in [0.05, 0.1) is 18.9 Å². The van der Waals surface area contributed by atoms with Gasteiger partial charge in [-0.05, 0) is 35.8 Å². The van der Waals surface area contributed by atoms with E-state index in [9.17, 15) is 29.1 Å². The van der Waals surface area contributed by atoms with Gasteiger partial charge in [-0.2, -0.15) is 4.90 Å². The molecule has 11 heteroatoms. The number of benzene rings is 2. The molecule has 38 heavy (non-hydrogen) atoms. The molecule has 2 aromatic rings. The Labute approximate surface area is 226 Å². The van der Waals surface area contributed by atoms with Gasteiger partial charge in [0.15, 0.2) is 9.75 Å². The Morgan fingerprint density at radius 3 is 2.37 bits per heavy atom. The van der Waals surface area contributed by atoms with Crippen molar-refractivity contribution < 1.29 is 33.8 Å². The minimum absolute atomic E-state index is 0.0198. The molecule has 2 aliphatic heterocycles. The van der Waals surface area contributed by atoms with Crippen LogP contribution in [0.1, 0.15) is 24.3 Å². The van der Waals surface area contributed by atoms with E-state index in [1.165, 1.54) is 13.1 Å². The van der Waals surface area contributed by atoms with Crippen molar-refractivity contribution in [2.75, 3.05) is 14.2 Å². The van der Waals surface area contributed by atoms with Crippen LogP contribution in [0.2, 0.25) is 0 Å². The molecule has 1 N–H and O–H groups in total. The summed E-state index contributed by atoms with van der Waals surface area (Å²) >= 11 is 14.3. The minimum atomic E-state index is -1.94. The van der Waals surface area contributed by atoms with E-state index in [2.05, 4.69) is 4.74 Å². The lowest BCUT2D eigenvalue weighted by atomic mass is 9.56. The van der Waals surface area contributed by atoms with Crippen molar-refractivity contribution in [3.05, 3.63) is 53.6 Å². The van der Waals surface area contributed by atoms with Crippen LogP contribution in [-0.4, -0.2) is 68.5 Å². The number of alkyl halides is 2. The summed E-state index contributed by atoms with van der Waals surface area (Å²) in [4.78, 5) is 63.6. The van der Waals surface area contributed by atoms with Crippen LogP contribution in [0.15, 0.2) is 48.0 Å². The van der Waals surface area contributed by atoms with E-state index in [0.717, 1.165) is 12.0 Å². The van der Waals surface area contributed by atoms with E-state index in [4.69, 9.17) is 23.2 Å². The van der Waals surface area contributed by atoms with Crippen LogP contribution in [0.25, 0.3) is 10.8 Å². The second-order valence-electron chi connectivity index (χ2n) is 10.2. The van der Waals surface area contributed by atoms with Crippen molar-refractivity contribution in [2.45, 2.75) is 28.5 Å². The third-order valence-corrected chi connectivity index (χ3v) is 10.0. The Morgan fingerprint density at radius 1 is 1.00 bits per heavy atom. The number of carbonyl (C=O) groups excluding carboxylic acids is 5. The van der Waals surface area contributed by atoms with Crippen LogP contribution in [0.3, 0.4) is 0 Å². The van der Waals surface area contributed by atoms with Gasteiger partial charge in [-0.25, -0.2) is 4.79 Å². The molecule has 196 valence electrons. The Bertz CT molecular complexity index is 1520. The molecular weight excluding hydrogens is 535 g/mol. The molecule has 0 aromatic heterocycles. The number of aromatic hydroxyl groups is 1. The average Bonchev–Trinajstić information content (AvgIpc) is 3.24. The molecule has 2 aliphatic carbocycles. The number of hydrogen-bond donors (Lipinski definition) is 1. The number of hydrogen-bond acceptors (Lipinski definition) is 7. The number of phenols is 1. The molecule has 3 fully saturated rings. The molecule has 4 aliphatic rings. The largest absolute Gasteiger partial charge is 0.507 e. The lowest BCUT2D eigenvalue weighted by molar-refractivity contribution is -0.139. The fourth-order valence-electron chi connectivity index (χ4n) is 6.92. The number of amides is 5. The number of fused-ring (bicyclic) bond motifs is 5. The predicted octanol–water partition coefficient (Wildman–Crippen LogP) is 3.30. The highest BCUT2D eigenvalue weighted by atomic mass is 35.5. The third-order valence-electron chi connectivity index (χ3n) is 8.62. The van der Waals surface area contributed by atoms with Crippen LogP contribution in [-0.2, 0) is 23.9 Å². The van der Waals surface area contributed by atoms with Crippen molar-refractivity contribution in [1.29, 1.82) is 0 Å². The fourth-order valence-corrected chi connectivity index (χ4v) is 7.93. The Kier molecular flexibility index (Phi) is 5.26. The number of carbonyl (C=O) groups is 5. The number of rotatable bonds is 1. The van der Waals surface area contributed by atoms with E-state index in [1.807, 2.05) is 0 Å². The number of likely N-dealkylation sites (tertiary alicyclic amines) is 2. The Hall–Kier alpha value is -3.43. The van der Waals surface area contributed by atoms with Crippen molar-refractivity contribution >= 4 is 63.7 Å². The smallest absolute Gasteiger partial charge is 0.423 e. The van der Waals surface area contributed by atoms with Crippen LogP contribution in [0.4, 0.5) is 4.79 Å². The van der Waals surface area contributed by atoms with E-state index in [1.54, 1.807) is 36.4 Å². The lowest BCUT2D eigenvalue weighted by Gasteiger charge is -2.51. The van der Waals surface area contributed by atoms with Crippen LogP contribution in [0, 0.1) is 17.8 Å². The Morgan fingerprint density at radius 2 is 1.68 bits per heavy atom. The molecule has 2 saturated heterocycles. The van der Waals surface area contributed by atoms with Gasteiger partial charge in [0.2, 0.25) is 11.8 Å². The van der Waals surface area contributed by atoms with E-state index in [0.29, 0.717) is 26.8 Å². The molecule has 6 atom stereocenters. The number of halogens is 2. The summed E-state index contributed by atoms with van der Waals surface area (Å²) in [5, 5.41) is 11.6. The van der Waals surface area contributed by atoms with Gasteiger partial charge in [0.25, 0.3) is 11.8 Å². The number of allylic oxidation sites excluding steroid dienone is 2. The van der Waals surface area contributed by atoms with E-state index >= 15 is 0 Å². The van der Waals surface area contributed by atoms with Crippen molar-refractivity contribution in [3.8, 4) is 5.75 Å². The van der Waals surface area contributed by atoms with Crippen LogP contribution < -0.4 is 0 Å². The highest BCUT2D eigenvalue weighted by molar-refractivity contribution is 6.53. The zero-order valence-electron chi connectivity index (χ0n) is 20.3. The molecular formula is C27H22Cl2N2O7. The first kappa shape index (κ1) is 24.9. The van der Waals surface area contributed by atoms with Crippen LogP contribution in [0.5, 0.6) is 5.75 Å². The highest BCUT2D eigenvalue weighted by Crippen LogP contribution is 2.65. The molecule has 0 spiro atoms. The van der Waals surface area contributed by atoms with Crippen molar-refractivity contribution in [3.63, 3.8) is 0 Å². The fraction of sp³-hybridized carbons (Fsp3) is 0.370. The molecule has 2 heterocycles. The normalized spacial score (nSPS) is 34.3. The first-order valence-corrected chi connectivity index (χ1v) is 12.8. The van der Waals surface area contributed by atoms with Gasteiger partial charge in [-0.1, -0.05) is 42.0 Å². The second-order valence-corrected chi connectivity index (χ2v) is 11.4. The maximum atomic E-state index is 13.7. The van der Waals surface area contributed by atoms with Gasteiger partial charge in [0, 0.05) is 18.4 Å². The van der Waals surface area contributed by atoms with Gasteiger partial charge in [0.1, 0.15) is 5.75 Å². The Balaban J connectivity index is 1.61. The summed E-state index contributed by atoms with van der Waals surface area (Å²) in [5.74, 6) is -6.32. The zero-order valence-corrected chi connectivity index (χ0v) is 21.8. The molecule has 0 radical (unpaired) electrons. The second kappa shape index (κ2) is 8.04. The average molecular weight is 557 g/mol. The SMILES string of the molecule is COC(=O)N1C(=O)C2CC=C3C(CC4(Cl)C(=O)N(C)C(=O)C4(Cl)C3c3ccc(O)c4ccccc34)C2C1=O. The number of ether oxygens (including phenoxy) is 1. The van der Waals surface area contributed by atoms with Gasteiger partial charge in [-0.3, -0.25) is 24.1 Å². The first-order valence-electron chi connectivity index (χ1n) is 12.1. The molecule has 5 amide bonds. The van der Waals surface area contributed by atoms with E-state index in [-0.39, 0.29) is 18.6 Å². The summed E-state index contributed by atoms with van der Waals surface area (Å²) in [5.41, 5.74) is 1.14. The monoisotopic (exact) mass is 556 g/mol. The minimum Gasteiger partial charge on any atom is -0.507 e. The zero-order chi connectivity index (χ0) is 27.3. The summed E-state index contributed by atoms with van der Waals surface area (Å²) in [6.45, 7) is 0.